The van der Waals surface area contributed by atoms with Crippen LogP contribution in [0.15, 0.2) is 12.4 Å². The molecule has 1 aliphatic heterocycles. The third-order valence-corrected chi connectivity index (χ3v) is 2.60. The number of hydrogen-bond acceptors (Lipinski definition) is 4. The number of nitrogens with two attached hydrogens (primary N) is 1. The second kappa shape index (κ2) is 3.59. The van der Waals surface area contributed by atoms with E-state index in [1.807, 2.05) is 0 Å². The van der Waals surface area contributed by atoms with E-state index in [4.69, 9.17) is 15.2 Å². The summed E-state index contributed by atoms with van der Waals surface area (Å²) in [6.45, 7) is 2.08. The highest BCUT2D eigenvalue weighted by molar-refractivity contribution is 5.30. The molecule has 2 rings (SSSR count). The summed E-state index contributed by atoms with van der Waals surface area (Å²) in [5, 5.41) is 4.13. The molecular weight excluding hydrogens is 182 g/mol. The number of rotatable bonds is 3. The third kappa shape index (κ3) is 1.73. The third-order valence-electron chi connectivity index (χ3n) is 2.60. The van der Waals surface area contributed by atoms with Gasteiger partial charge in [-0.1, -0.05) is 0 Å². The van der Waals surface area contributed by atoms with Crippen molar-refractivity contribution in [1.82, 2.24) is 9.78 Å². The molecule has 1 aromatic rings. The van der Waals surface area contributed by atoms with Crippen LogP contribution < -0.4 is 5.73 Å². The van der Waals surface area contributed by atoms with E-state index in [2.05, 4.69) is 5.10 Å². The van der Waals surface area contributed by atoms with Crippen molar-refractivity contribution in [2.45, 2.75) is 18.6 Å². The Hall–Kier alpha value is -1.07. The SMILES string of the molecule is COC1(Cn2cc(N)cn2)CCOC1. The molecule has 0 aromatic carbocycles. The lowest BCUT2D eigenvalue weighted by Gasteiger charge is -2.25. The van der Waals surface area contributed by atoms with Crippen LogP contribution in [0.3, 0.4) is 0 Å². The number of anilines is 1. The van der Waals surface area contributed by atoms with Crippen LogP contribution in [0, 0.1) is 0 Å². The zero-order valence-electron chi connectivity index (χ0n) is 8.27. The van der Waals surface area contributed by atoms with Crippen molar-refractivity contribution in [1.29, 1.82) is 0 Å². The minimum absolute atomic E-state index is 0.224. The van der Waals surface area contributed by atoms with Gasteiger partial charge in [0, 0.05) is 26.3 Å². The Balaban J connectivity index is 2.08. The van der Waals surface area contributed by atoms with E-state index in [1.54, 1.807) is 24.2 Å². The van der Waals surface area contributed by atoms with Gasteiger partial charge >= 0.3 is 0 Å². The van der Waals surface area contributed by atoms with E-state index in [-0.39, 0.29) is 5.60 Å². The van der Waals surface area contributed by atoms with E-state index >= 15 is 0 Å². The second-order valence-electron chi connectivity index (χ2n) is 3.66. The van der Waals surface area contributed by atoms with E-state index in [9.17, 15) is 0 Å². The van der Waals surface area contributed by atoms with Gasteiger partial charge in [-0.3, -0.25) is 4.68 Å². The Kier molecular flexibility index (Phi) is 2.43. The molecule has 0 bridgehead atoms. The average Bonchev–Trinajstić information content (AvgIpc) is 2.77. The van der Waals surface area contributed by atoms with Crippen LogP contribution in [0.1, 0.15) is 6.42 Å². The summed E-state index contributed by atoms with van der Waals surface area (Å²) in [5.74, 6) is 0. The fourth-order valence-corrected chi connectivity index (χ4v) is 1.70. The standard InChI is InChI=1S/C9H15N3O2/c1-13-9(2-3-14-7-9)6-12-5-8(10)4-11-12/h4-5H,2-3,6-7,10H2,1H3. The molecule has 0 saturated carbocycles. The molecule has 0 aliphatic carbocycles. The minimum atomic E-state index is -0.224. The number of nitrogen functional groups attached to an aromatic ring is 1. The van der Waals surface area contributed by atoms with E-state index < -0.39 is 0 Å². The Bertz CT molecular complexity index is 305. The highest BCUT2D eigenvalue weighted by Gasteiger charge is 2.35. The monoisotopic (exact) mass is 197 g/mol. The van der Waals surface area contributed by atoms with Crippen LogP contribution in [0.2, 0.25) is 0 Å². The predicted octanol–water partition coefficient (Wildman–Crippen LogP) is 0.271. The topological polar surface area (TPSA) is 62.3 Å². The maximum Gasteiger partial charge on any atom is 0.113 e. The van der Waals surface area contributed by atoms with Crippen LogP contribution in [0.25, 0.3) is 0 Å². The van der Waals surface area contributed by atoms with Crippen LogP contribution in [0.4, 0.5) is 5.69 Å². The molecule has 0 amide bonds. The van der Waals surface area contributed by atoms with E-state index in [0.717, 1.165) is 13.0 Å². The van der Waals surface area contributed by atoms with Gasteiger partial charge in [0.15, 0.2) is 0 Å². The van der Waals surface area contributed by atoms with Crippen LogP contribution in [-0.4, -0.2) is 35.7 Å². The molecule has 2 heterocycles. The number of nitrogens with zero attached hydrogens (tertiary/aromatic N) is 2. The Morgan fingerprint density at radius 1 is 1.79 bits per heavy atom. The van der Waals surface area contributed by atoms with Gasteiger partial charge in [-0.2, -0.15) is 5.10 Å². The maximum atomic E-state index is 5.58. The molecule has 5 nitrogen and oxygen atoms in total. The van der Waals surface area contributed by atoms with Crippen molar-refractivity contribution in [3.05, 3.63) is 12.4 Å². The Labute approximate surface area is 82.8 Å². The van der Waals surface area contributed by atoms with Crippen LogP contribution in [0.5, 0.6) is 0 Å². The molecule has 1 saturated heterocycles. The van der Waals surface area contributed by atoms with E-state index in [0.29, 0.717) is 18.8 Å². The van der Waals surface area contributed by atoms with Gasteiger partial charge in [-0.25, -0.2) is 0 Å². The highest BCUT2D eigenvalue weighted by Crippen LogP contribution is 2.24. The van der Waals surface area contributed by atoms with Gasteiger partial charge in [0.05, 0.1) is 25.0 Å². The lowest BCUT2D eigenvalue weighted by Crippen LogP contribution is -2.37. The summed E-state index contributed by atoms with van der Waals surface area (Å²) in [7, 11) is 1.71. The summed E-state index contributed by atoms with van der Waals surface area (Å²) in [6, 6.07) is 0. The van der Waals surface area contributed by atoms with Gasteiger partial charge in [0.1, 0.15) is 5.60 Å². The molecule has 1 atom stereocenters. The van der Waals surface area contributed by atoms with Gasteiger partial charge in [-0.15, -0.1) is 0 Å². The maximum absolute atomic E-state index is 5.58. The second-order valence-corrected chi connectivity index (χ2v) is 3.66. The first-order valence-electron chi connectivity index (χ1n) is 4.65. The molecule has 1 aromatic heterocycles. The minimum Gasteiger partial charge on any atom is -0.396 e. The molecule has 1 aliphatic rings. The number of methoxy groups -OCH3 is 1. The van der Waals surface area contributed by atoms with Crippen molar-refractivity contribution in [3.8, 4) is 0 Å². The lowest BCUT2D eigenvalue weighted by atomic mass is 10.0. The number of aromatic nitrogens is 2. The zero-order valence-corrected chi connectivity index (χ0v) is 8.27. The Morgan fingerprint density at radius 2 is 2.64 bits per heavy atom. The van der Waals surface area contributed by atoms with Crippen molar-refractivity contribution in [2.75, 3.05) is 26.1 Å². The molecule has 78 valence electrons. The van der Waals surface area contributed by atoms with Gasteiger partial charge in [0.2, 0.25) is 0 Å². The molecule has 1 fully saturated rings. The fourth-order valence-electron chi connectivity index (χ4n) is 1.70. The first-order chi connectivity index (χ1) is 6.74. The molecular formula is C9H15N3O2. The molecule has 5 heteroatoms. The van der Waals surface area contributed by atoms with Gasteiger partial charge < -0.3 is 15.2 Å². The summed E-state index contributed by atoms with van der Waals surface area (Å²) >= 11 is 0. The first kappa shape index (κ1) is 9.48. The van der Waals surface area contributed by atoms with Crippen LogP contribution in [-0.2, 0) is 16.0 Å². The lowest BCUT2D eigenvalue weighted by molar-refractivity contribution is -0.0317. The highest BCUT2D eigenvalue weighted by atomic mass is 16.5. The van der Waals surface area contributed by atoms with Gasteiger partial charge in [-0.05, 0) is 0 Å². The number of ether oxygens (including phenoxy) is 2. The first-order valence-corrected chi connectivity index (χ1v) is 4.65. The van der Waals surface area contributed by atoms with E-state index in [1.165, 1.54) is 0 Å². The summed E-state index contributed by atoms with van der Waals surface area (Å²) in [5.41, 5.74) is 6.03. The average molecular weight is 197 g/mol. The van der Waals surface area contributed by atoms with Crippen molar-refractivity contribution in [3.63, 3.8) is 0 Å². The summed E-state index contributed by atoms with van der Waals surface area (Å²) < 4.78 is 12.6. The summed E-state index contributed by atoms with van der Waals surface area (Å²) in [6.07, 6.45) is 4.35. The fraction of sp³-hybridized carbons (Fsp3) is 0.667. The van der Waals surface area contributed by atoms with Crippen LogP contribution >= 0.6 is 0 Å². The molecule has 1 unspecified atom stereocenters. The number of hydrogen-bond donors (Lipinski definition) is 1. The zero-order chi connectivity index (χ0) is 10.0. The molecule has 14 heavy (non-hydrogen) atoms. The van der Waals surface area contributed by atoms with Crippen molar-refractivity contribution >= 4 is 5.69 Å². The smallest absolute Gasteiger partial charge is 0.113 e. The summed E-state index contributed by atoms with van der Waals surface area (Å²) in [4.78, 5) is 0. The van der Waals surface area contributed by atoms with Crippen molar-refractivity contribution < 1.29 is 9.47 Å². The van der Waals surface area contributed by atoms with Crippen molar-refractivity contribution in [2.24, 2.45) is 0 Å². The quantitative estimate of drug-likeness (QED) is 0.755. The molecule has 0 spiro atoms. The normalized spacial score (nSPS) is 26.9. The predicted molar refractivity (Wildman–Crippen MR) is 51.8 cm³/mol. The van der Waals surface area contributed by atoms with Gasteiger partial charge in [0.25, 0.3) is 0 Å². The largest absolute Gasteiger partial charge is 0.396 e. The Morgan fingerprint density at radius 3 is 3.14 bits per heavy atom. The molecule has 0 radical (unpaired) electrons. The molecule has 2 N–H and O–H groups in total.